The predicted octanol–water partition coefficient (Wildman–Crippen LogP) is 3.11. The number of ether oxygens (including phenoxy) is 3. The number of halogens is 1. The van der Waals surface area contributed by atoms with Gasteiger partial charge in [-0.2, -0.15) is 0 Å². The molecular formula is C15H17ClO4. The van der Waals surface area contributed by atoms with Crippen LogP contribution in [0.3, 0.4) is 0 Å². The number of hydrogen-bond donors (Lipinski definition) is 0. The van der Waals surface area contributed by atoms with Crippen LogP contribution in [-0.4, -0.2) is 32.2 Å². The van der Waals surface area contributed by atoms with Gasteiger partial charge in [0.25, 0.3) is 0 Å². The van der Waals surface area contributed by atoms with Gasteiger partial charge in [0.2, 0.25) is 0 Å². The zero-order valence-corrected chi connectivity index (χ0v) is 11.9. The average Bonchev–Trinajstić information content (AvgIpc) is 2.71. The van der Waals surface area contributed by atoms with Crippen LogP contribution in [0.1, 0.15) is 29.6 Å². The first-order valence-corrected chi connectivity index (χ1v) is 7.34. The summed E-state index contributed by atoms with van der Waals surface area (Å²) in [6, 6.07) is 3.41. The van der Waals surface area contributed by atoms with Gasteiger partial charge in [-0.05, 0) is 18.9 Å². The summed E-state index contributed by atoms with van der Waals surface area (Å²) in [5.41, 5.74) is 0.530. The zero-order chi connectivity index (χ0) is 13.9. The van der Waals surface area contributed by atoms with Crippen LogP contribution in [0.2, 0.25) is 5.02 Å². The van der Waals surface area contributed by atoms with Gasteiger partial charge in [-0.15, -0.1) is 0 Å². The third kappa shape index (κ3) is 2.76. The van der Waals surface area contributed by atoms with E-state index in [9.17, 15) is 4.79 Å². The first-order chi connectivity index (χ1) is 9.75. The molecule has 0 radical (unpaired) electrons. The van der Waals surface area contributed by atoms with Crippen molar-refractivity contribution in [2.24, 2.45) is 5.92 Å². The lowest BCUT2D eigenvalue weighted by atomic mass is 9.91. The van der Waals surface area contributed by atoms with E-state index in [1.54, 1.807) is 12.1 Å². The Morgan fingerprint density at radius 3 is 2.40 bits per heavy atom. The molecule has 0 aromatic heterocycles. The third-order valence-electron chi connectivity index (χ3n) is 3.69. The normalized spacial score (nSPS) is 19.4. The van der Waals surface area contributed by atoms with Crippen molar-refractivity contribution in [1.82, 2.24) is 0 Å². The van der Waals surface area contributed by atoms with Gasteiger partial charge < -0.3 is 14.2 Å². The van der Waals surface area contributed by atoms with Gasteiger partial charge in [-0.3, -0.25) is 4.79 Å². The number of carbonyl (C=O) groups is 1. The molecule has 108 valence electrons. The van der Waals surface area contributed by atoms with Crippen LogP contribution in [0.15, 0.2) is 12.1 Å². The smallest absolute Gasteiger partial charge is 0.167 e. The minimum absolute atomic E-state index is 0.00834. The molecule has 0 aliphatic carbocycles. The summed E-state index contributed by atoms with van der Waals surface area (Å²) in [5, 5.41) is 0.436. The van der Waals surface area contributed by atoms with Crippen LogP contribution >= 0.6 is 11.6 Å². The maximum atomic E-state index is 12.6. The molecule has 1 aromatic rings. The highest BCUT2D eigenvalue weighted by molar-refractivity contribution is 6.34. The van der Waals surface area contributed by atoms with Crippen molar-refractivity contribution in [3.05, 3.63) is 22.7 Å². The molecule has 5 heteroatoms. The van der Waals surface area contributed by atoms with Crippen LogP contribution < -0.4 is 9.47 Å². The zero-order valence-electron chi connectivity index (χ0n) is 11.2. The van der Waals surface area contributed by atoms with Crippen molar-refractivity contribution in [3.8, 4) is 11.5 Å². The summed E-state index contributed by atoms with van der Waals surface area (Å²) in [5.74, 6) is 1.30. The predicted molar refractivity (Wildman–Crippen MR) is 74.9 cm³/mol. The molecule has 0 unspecified atom stereocenters. The number of benzene rings is 1. The van der Waals surface area contributed by atoms with Gasteiger partial charge in [-0.25, -0.2) is 0 Å². The van der Waals surface area contributed by atoms with Crippen molar-refractivity contribution in [2.75, 3.05) is 26.4 Å². The number of fused-ring (bicyclic) bond motifs is 1. The van der Waals surface area contributed by atoms with Crippen LogP contribution in [0, 0.1) is 5.92 Å². The molecule has 0 N–H and O–H groups in total. The molecule has 0 bridgehead atoms. The summed E-state index contributed by atoms with van der Waals surface area (Å²) in [6.45, 7) is 2.48. The molecule has 1 fully saturated rings. The molecule has 20 heavy (non-hydrogen) atoms. The van der Waals surface area contributed by atoms with Crippen LogP contribution in [0.25, 0.3) is 0 Å². The minimum atomic E-state index is -0.00834. The topological polar surface area (TPSA) is 44.8 Å². The fourth-order valence-corrected chi connectivity index (χ4v) is 2.80. The van der Waals surface area contributed by atoms with Crippen molar-refractivity contribution in [2.45, 2.75) is 19.3 Å². The maximum absolute atomic E-state index is 12.6. The van der Waals surface area contributed by atoms with E-state index in [1.807, 2.05) is 0 Å². The van der Waals surface area contributed by atoms with Crippen LogP contribution in [0.4, 0.5) is 0 Å². The van der Waals surface area contributed by atoms with Crippen molar-refractivity contribution >= 4 is 17.4 Å². The molecule has 0 atom stereocenters. The molecule has 1 saturated heterocycles. The van der Waals surface area contributed by atoms with Crippen LogP contribution in [0.5, 0.6) is 11.5 Å². The van der Waals surface area contributed by atoms with Crippen molar-refractivity contribution in [3.63, 3.8) is 0 Å². The van der Waals surface area contributed by atoms with Crippen molar-refractivity contribution in [1.29, 1.82) is 0 Å². The summed E-state index contributed by atoms with van der Waals surface area (Å²) < 4.78 is 16.5. The first kappa shape index (κ1) is 13.7. The first-order valence-electron chi connectivity index (χ1n) is 6.97. The lowest BCUT2D eigenvalue weighted by molar-refractivity contribution is 0.0544. The molecule has 4 nitrogen and oxygen atoms in total. The molecule has 0 saturated carbocycles. The highest BCUT2D eigenvalue weighted by Gasteiger charge is 2.26. The second-order valence-electron chi connectivity index (χ2n) is 5.08. The fraction of sp³-hybridized carbons (Fsp3) is 0.533. The second kappa shape index (κ2) is 6.02. The number of rotatable bonds is 2. The molecule has 3 rings (SSSR count). The average molecular weight is 297 g/mol. The highest BCUT2D eigenvalue weighted by atomic mass is 35.5. The summed E-state index contributed by atoms with van der Waals surface area (Å²) >= 11 is 6.24. The van der Waals surface area contributed by atoms with Gasteiger partial charge in [-0.1, -0.05) is 11.6 Å². The van der Waals surface area contributed by atoms with Crippen molar-refractivity contribution < 1.29 is 19.0 Å². The lowest BCUT2D eigenvalue weighted by Crippen LogP contribution is -2.23. The Bertz CT molecular complexity index is 509. The Kier molecular flexibility index (Phi) is 4.13. The van der Waals surface area contributed by atoms with Gasteiger partial charge in [0.05, 0.1) is 18.2 Å². The monoisotopic (exact) mass is 296 g/mol. The Morgan fingerprint density at radius 1 is 1.05 bits per heavy atom. The van der Waals surface area contributed by atoms with E-state index in [0.717, 1.165) is 19.3 Å². The summed E-state index contributed by atoms with van der Waals surface area (Å²) in [7, 11) is 0. The molecule has 0 amide bonds. The van der Waals surface area contributed by atoms with E-state index < -0.39 is 0 Å². The summed E-state index contributed by atoms with van der Waals surface area (Å²) in [4.78, 5) is 12.6. The number of Topliss-reactive ketones (excluding diaryl/α,β-unsaturated/α-hetero) is 1. The van der Waals surface area contributed by atoms with Gasteiger partial charge >= 0.3 is 0 Å². The SMILES string of the molecule is O=C(c1cc2c(cc1Cl)OCCCO2)C1CCOCC1. The number of ketones is 1. The summed E-state index contributed by atoms with van der Waals surface area (Å²) in [6.07, 6.45) is 2.34. The molecule has 2 aliphatic rings. The molecule has 2 aliphatic heterocycles. The van der Waals surface area contributed by atoms with E-state index >= 15 is 0 Å². The second-order valence-corrected chi connectivity index (χ2v) is 5.49. The Morgan fingerprint density at radius 2 is 1.70 bits per heavy atom. The van der Waals surface area contributed by atoms with Gasteiger partial charge in [0.15, 0.2) is 17.3 Å². The van der Waals surface area contributed by atoms with Gasteiger partial charge in [0, 0.05) is 37.2 Å². The lowest BCUT2D eigenvalue weighted by Gasteiger charge is -2.21. The fourth-order valence-electron chi connectivity index (χ4n) is 2.55. The van der Waals surface area contributed by atoms with E-state index in [4.69, 9.17) is 25.8 Å². The quantitative estimate of drug-likeness (QED) is 0.787. The van der Waals surface area contributed by atoms with E-state index in [1.165, 1.54) is 0 Å². The Balaban J connectivity index is 1.88. The highest BCUT2D eigenvalue weighted by Crippen LogP contribution is 2.36. The van der Waals surface area contributed by atoms with E-state index in [0.29, 0.717) is 48.5 Å². The molecule has 0 spiro atoms. The Hall–Kier alpha value is -1.26. The van der Waals surface area contributed by atoms with Gasteiger partial charge in [0.1, 0.15) is 0 Å². The molecule has 1 aromatic carbocycles. The third-order valence-corrected chi connectivity index (χ3v) is 4.01. The largest absolute Gasteiger partial charge is 0.490 e. The standard InChI is InChI=1S/C15H17ClO4/c16-12-9-14-13(19-4-1-5-20-14)8-11(12)15(17)10-2-6-18-7-3-10/h8-10H,1-7H2. The molecular weight excluding hydrogens is 280 g/mol. The van der Waals surface area contributed by atoms with E-state index in [2.05, 4.69) is 0 Å². The van der Waals surface area contributed by atoms with E-state index in [-0.39, 0.29) is 11.7 Å². The van der Waals surface area contributed by atoms with Crippen LogP contribution in [-0.2, 0) is 4.74 Å². The Labute approximate surface area is 123 Å². The minimum Gasteiger partial charge on any atom is -0.490 e. The number of carbonyl (C=O) groups excluding carboxylic acids is 1. The maximum Gasteiger partial charge on any atom is 0.167 e. The number of hydrogen-bond acceptors (Lipinski definition) is 4. The molecule has 2 heterocycles.